The highest BCUT2D eigenvalue weighted by atomic mass is 16.4. The number of carbonyl (C=O) groups is 2. The molecule has 0 spiro atoms. The molecular formula is C11H12N6O3. The molecule has 104 valence electrons. The first-order valence-corrected chi connectivity index (χ1v) is 5.71. The molecule has 0 radical (unpaired) electrons. The third-order valence-electron chi connectivity index (χ3n) is 2.37. The molecular weight excluding hydrogens is 264 g/mol. The number of aromatic nitrogens is 4. The van der Waals surface area contributed by atoms with Crippen LogP contribution >= 0.6 is 0 Å². The van der Waals surface area contributed by atoms with Crippen molar-refractivity contribution >= 4 is 17.6 Å². The first-order chi connectivity index (χ1) is 9.60. The fraction of sp³-hybridized carbons (Fsp3) is 0.182. The Kier molecular flexibility index (Phi) is 4.01. The SMILES string of the molecule is NCCn1cc(C(=O)Nc2ccc(C(=O)O)nc2)nn1. The Morgan fingerprint density at radius 1 is 1.35 bits per heavy atom. The van der Waals surface area contributed by atoms with Gasteiger partial charge in [0.1, 0.15) is 5.69 Å². The highest BCUT2D eigenvalue weighted by Crippen LogP contribution is 2.08. The lowest BCUT2D eigenvalue weighted by Gasteiger charge is -2.02. The zero-order chi connectivity index (χ0) is 14.5. The Morgan fingerprint density at radius 3 is 2.75 bits per heavy atom. The van der Waals surface area contributed by atoms with Gasteiger partial charge in [-0.25, -0.2) is 9.78 Å². The van der Waals surface area contributed by atoms with E-state index in [2.05, 4.69) is 20.6 Å². The van der Waals surface area contributed by atoms with Gasteiger partial charge >= 0.3 is 5.97 Å². The van der Waals surface area contributed by atoms with Gasteiger partial charge in [-0.3, -0.25) is 9.48 Å². The molecule has 0 aromatic carbocycles. The average molecular weight is 276 g/mol. The summed E-state index contributed by atoms with van der Waals surface area (Å²) < 4.78 is 1.46. The van der Waals surface area contributed by atoms with E-state index in [1.165, 1.54) is 29.2 Å². The number of carboxylic acids is 1. The van der Waals surface area contributed by atoms with Gasteiger partial charge in [0.2, 0.25) is 0 Å². The number of nitrogens with two attached hydrogens (primary N) is 1. The fourth-order valence-electron chi connectivity index (χ4n) is 1.43. The number of hydrogen-bond acceptors (Lipinski definition) is 6. The summed E-state index contributed by atoms with van der Waals surface area (Å²) in [6, 6.07) is 2.74. The number of nitrogens with zero attached hydrogens (tertiary/aromatic N) is 4. The van der Waals surface area contributed by atoms with Gasteiger partial charge in [-0.2, -0.15) is 0 Å². The van der Waals surface area contributed by atoms with Crippen LogP contribution in [0.15, 0.2) is 24.5 Å². The van der Waals surface area contributed by atoms with E-state index in [0.29, 0.717) is 18.8 Å². The quantitative estimate of drug-likeness (QED) is 0.674. The summed E-state index contributed by atoms with van der Waals surface area (Å²) in [5.41, 5.74) is 5.77. The van der Waals surface area contributed by atoms with Gasteiger partial charge in [-0.1, -0.05) is 5.21 Å². The van der Waals surface area contributed by atoms with Crippen molar-refractivity contribution in [3.63, 3.8) is 0 Å². The van der Waals surface area contributed by atoms with Crippen molar-refractivity contribution in [2.24, 2.45) is 5.73 Å². The van der Waals surface area contributed by atoms with Crippen LogP contribution in [0.2, 0.25) is 0 Å². The van der Waals surface area contributed by atoms with E-state index in [-0.39, 0.29) is 11.4 Å². The number of hydrogen-bond donors (Lipinski definition) is 3. The molecule has 0 unspecified atom stereocenters. The van der Waals surface area contributed by atoms with Gasteiger partial charge < -0.3 is 16.2 Å². The molecule has 0 fully saturated rings. The van der Waals surface area contributed by atoms with Gasteiger partial charge in [-0.05, 0) is 12.1 Å². The van der Waals surface area contributed by atoms with Crippen LogP contribution in [0.4, 0.5) is 5.69 Å². The van der Waals surface area contributed by atoms with Crippen molar-refractivity contribution in [3.8, 4) is 0 Å². The van der Waals surface area contributed by atoms with Crippen LogP contribution in [0.3, 0.4) is 0 Å². The smallest absolute Gasteiger partial charge is 0.354 e. The molecule has 0 aliphatic heterocycles. The van der Waals surface area contributed by atoms with E-state index in [1.54, 1.807) is 0 Å². The molecule has 20 heavy (non-hydrogen) atoms. The number of aromatic carboxylic acids is 1. The lowest BCUT2D eigenvalue weighted by molar-refractivity contribution is 0.0690. The Hall–Kier alpha value is -2.81. The minimum atomic E-state index is -1.13. The van der Waals surface area contributed by atoms with Gasteiger partial charge in [0.15, 0.2) is 5.69 Å². The lowest BCUT2D eigenvalue weighted by atomic mass is 10.3. The second-order valence-corrected chi connectivity index (χ2v) is 3.85. The summed E-state index contributed by atoms with van der Waals surface area (Å²) >= 11 is 0. The Balaban J connectivity index is 2.04. The molecule has 9 heteroatoms. The average Bonchev–Trinajstić information content (AvgIpc) is 2.88. The Morgan fingerprint density at radius 2 is 2.15 bits per heavy atom. The van der Waals surface area contributed by atoms with Gasteiger partial charge in [0.25, 0.3) is 5.91 Å². The molecule has 4 N–H and O–H groups in total. The molecule has 2 aromatic heterocycles. The molecule has 2 aromatic rings. The van der Waals surface area contributed by atoms with Crippen LogP contribution in [0, 0.1) is 0 Å². The van der Waals surface area contributed by atoms with Gasteiger partial charge in [0, 0.05) is 6.54 Å². The second kappa shape index (κ2) is 5.89. The monoisotopic (exact) mass is 276 g/mol. The second-order valence-electron chi connectivity index (χ2n) is 3.85. The maximum Gasteiger partial charge on any atom is 0.354 e. The summed E-state index contributed by atoms with van der Waals surface area (Å²) in [6.07, 6.45) is 2.73. The first-order valence-electron chi connectivity index (χ1n) is 5.71. The van der Waals surface area contributed by atoms with E-state index >= 15 is 0 Å². The molecule has 0 bridgehead atoms. The number of pyridine rings is 1. The molecule has 0 saturated carbocycles. The molecule has 0 saturated heterocycles. The minimum absolute atomic E-state index is 0.100. The maximum atomic E-state index is 11.8. The van der Waals surface area contributed by atoms with Gasteiger partial charge in [0.05, 0.1) is 24.6 Å². The third-order valence-corrected chi connectivity index (χ3v) is 2.37. The van der Waals surface area contributed by atoms with Crippen LogP contribution in [-0.2, 0) is 6.54 Å². The van der Waals surface area contributed by atoms with E-state index < -0.39 is 11.9 Å². The summed E-state index contributed by atoms with van der Waals surface area (Å²) in [4.78, 5) is 26.2. The zero-order valence-electron chi connectivity index (χ0n) is 10.4. The van der Waals surface area contributed by atoms with Crippen molar-refractivity contribution in [1.82, 2.24) is 20.0 Å². The number of rotatable bonds is 5. The normalized spacial score (nSPS) is 10.2. The van der Waals surface area contributed by atoms with Crippen LogP contribution in [0.1, 0.15) is 21.0 Å². The van der Waals surface area contributed by atoms with E-state index in [1.807, 2.05) is 0 Å². The maximum absolute atomic E-state index is 11.8. The van der Waals surface area contributed by atoms with Crippen molar-refractivity contribution in [1.29, 1.82) is 0 Å². The molecule has 0 atom stereocenters. The predicted octanol–water partition coefficient (Wildman–Crippen LogP) is -0.418. The van der Waals surface area contributed by atoms with Crippen LogP contribution in [0.5, 0.6) is 0 Å². The first kappa shape index (κ1) is 13.6. The fourth-order valence-corrected chi connectivity index (χ4v) is 1.43. The molecule has 1 amide bonds. The van der Waals surface area contributed by atoms with Crippen molar-refractivity contribution in [2.75, 3.05) is 11.9 Å². The van der Waals surface area contributed by atoms with Crippen molar-refractivity contribution < 1.29 is 14.7 Å². The van der Waals surface area contributed by atoms with Crippen LogP contribution in [0.25, 0.3) is 0 Å². The Bertz CT molecular complexity index is 621. The highest BCUT2D eigenvalue weighted by Gasteiger charge is 2.11. The molecule has 2 heterocycles. The zero-order valence-corrected chi connectivity index (χ0v) is 10.4. The van der Waals surface area contributed by atoms with E-state index in [0.717, 1.165) is 0 Å². The number of carboxylic acid groups (broad SMARTS) is 1. The summed E-state index contributed by atoms with van der Waals surface area (Å²) in [5, 5.41) is 18.7. The summed E-state index contributed by atoms with van der Waals surface area (Å²) in [6.45, 7) is 0.861. The van der Waals surface area contributed by atoms with Crippen LogP contribution in [-0.4, -0.2) is 43.5 Å². The molecule has 0 aliphatic rings. The molecule has 0 aliphatic carbocycles. The Labute approximate surface area is 113 Å². The standard InChI is InChI=1S/C11H12N6O3/c12-3-4-17-6-9(15-16-17)10(18)14-7-1-2-8(11(19)20)13-5-7/h1-2,5-6H,3-4,12H2,(H,14,18)(H,19,20). The molecule has 2 rings (SSSR count). The lowest BCUT2D eigenvalue weighted by Crippen LogP contribution is -2.13. The number of amides is 1. The van der Waals surface area contributed by atoms with E-state index in [9.17, 15) is 9.59 Å². The van der Waals surface area contributed by atoms with Crippen LogP contribution < -0.4 is 11.1 Å². The predicted molar refractivity (Wildman–Crippen MR) is 68.2 cm³/mol. The minimum Gasteiger partial charge on any atom is -0.477 e. The number of carbonyl (C=O) groups excluding carboxylic acids is 1. The van der Waals surface area contributed by atoms with E-state index in [4.69, 9.17) is 10.8 Å². The van der Waals surface area contributed by atoms with Crippen molar-refractivity contribution in [3.05, 3.63) is 35.9 Å². The molecule has 9 nitrogen and oxygen atoms in total. The highest BCUT2D eigenvalue weighted by molar-refractivity contribution is 6.02. The van der Waals surface area contributed by atoms with Gasteiger partial charge in [-0.15, -0.1) is 5.10 Å². The summed E-state index contributed by atoms with van der Waals surface area (Å²) in [7, 11) is 0. The number of nitrogens with one attached hydrogen (secondary N) is 1. The van der Waals surface area contributed by atoms with Crippen molar-refractivity contribution in [2.45, 2.75) is 6.54 Å². The number of anilines is 1. The largest absolute Gasteiger partial charge is 0.477 e. The summed E-state index contributed by atoms with van der Waals surface area (Å²) in [5.74, 6) is -1.59. The third kappa shape index (κ3) is 3.14. The topological polar surface area (TPSA) is 136 Å².